The Morgan fingerprint density at radius 3 is 0.966 bits per heavy atom. The summed E-state index contributed by atoms with van der Waals surface area (Å²) in [5.41, 5.74) is 6.49. The lowest BCUT2D eigenvalue weighted by atomic mass is 9.96. The van der Waals surface area contributed by atoms with Gasteiger partial charge in [0.2, 0.25) is 0 Å². The second-order valence-electron chi connectivity index (χ2n) is 16.6. The number of unbranched alkanes of at least 4 members (excludes halogenated alkanes) is 10. The minimum atomic E-state index is 1.17. The van der Waals surface area contributed by atoms with E-state index < -0.39 is 0 Å². The van der Waals surface area contributed by atoms with Crippen molar-refractivity contribution < 1.29 is 0 Å². The molecule has 6 heteroatoms. The summed E-state index contributed by atoms with van der Waals surface area (Å²) in [6.07, 6.45) is 22.8. The SMILES string of the molecule is CCCCCCc1c(-c2sc3cc4c(CCCCCC)c(-c5sc6cc7ccsc7cc6c5CCCCC)sc4cc3c2CCCCC)sc2cc3ccsc3cc12. The van der Waals surface area contributed by atoms with Crippen molar-refractivity contribution in [2.45, 2.75) is 143 Å². The third kappa shape index (κ3) is 8.00. The van der Waals surface area contributed by atoms with Crippen LogP contribution in [0, 0.1) is 0 Å². The van der Waals surface area contributed by atoms with Crippen LogP contribution in [0.5, 0.6) is 0 Å². The van der Waals surface area contributed by atoms with Gasteiger partial charge in [0.25, 0.3) is 0 Å². The van der Waals surface area contributed by atoms with Gasteiger partial charge in [-0.15, -0.1) is 68.0 Å². The molecule has 0 amide bonds. The van der Waals surface area contributed by atoms with E-state index in [1.807, 2.05) is 22.7 Å². The van der Waals surface area contributed by atoms with E-state index >= 15 is 0 Å². The second kappa shape index (κ2) is 18.6. The summed E-state index contributed by atoms with van der Waals surface area (Å²) in [4.78, 5) is 6.29. The molecule has 3 aromatic carbocycles. The molecule has 0 spiro atoms. The number of hydrogen-bond acceptors (Lipinski definition) is 6. The van der Waals surface area contributed by atoms with Crippen LogP contribution >= 0.6 is 68.0 Å². The Balaban J connectivity index is 1.23. The van der Waals surface area contributed by atoms with Crippen molar-refractivity contribution in [1.29, 1.82) is 0 Å². The van der Waals surface area contributed by atoms with Gasteiger partial charge < -0.3 is 0 Å². The van der Waals surface area contributed by atoms with Gasteiger partial charge in [0.05, 0.1) is 0 Å². The molecule has 0 bridgehead atoms. The van der Waals surface area contributed by atoms with Gasteiger partial charge in [0, 0.05) is 47.7 Å². The summed E-state index contributed by atoms with van der Waals surface area (Å²) < 4.78 is 8.81. The minimum absolute atomic E-state index is 1.17. The average molecular weight is 875 g/mol. The molecule has 6 heterocycles. The predicted molar refractivity (Wildman–Crippen MR) is 272 cm³/mol. The highest BCUT2D eigenvalue weighted by atomic mass is 32.1. The highest BCUT2D eigenvalue weighted by Gasteiger charge is 2.25. The highest BCUT2D eigenvalue weighted by Crippen LogP contribution is 2.52. The molecule has 0 nitrogen and oxygen atoms in total. The highest BCUT2D eigenvalue weighted by molar-refractivity contribution is 7.30. The Kier molecular flexibility index (Phi) is 13.1. The van der Waals surface area contributed by atoms with Crippen LogP contribution in [-0.2, 0) is 25.7 Å². The van der Waals surface area contributed by atoms with Gasteiger partial charge in [-0.2, -0.15) is 0 Å². The lowest BCUT2D eigenvalue weighted by molar-refractivity contribution is 0.669. The van der Waals surface area contributed by atoms with Crippen LogP contribution in [0.25, 0.3) is 80.0 Å². The lowest BCUT2D eigenvalue weighted by Crippen LogP contribution is -1.91. The molecule has 0 aliphatic rings. The number of fused-ring (bicyclic) bond motifs is 6. The molecule has 0 N–H and O–H groups in total. The summed E-state index contributed by atoms with van der Waals surface area (Å²) in [6, 6.07) is 20.0. The molecule has 0 radical (unpaired) electrons. The monoisotopic (exact) mass is 874 g/mol. The van der Waals surface area contributed by atoms with Crippen LogP contribution in [0.1, 0.15) is 140 Å². The first-order chi connectivity index (χ1) is 28.6. The quantitative estimate of drug-likeness (QED) is 0.0669. The van der Waals surface area contributed by atoms with Crippen molar-refractivity contribution in [3.63, 3.8) is 0 Å². The molecule has 0 atom stereocenters. The third-order valence-electron chi connectivity index (χ3n) is 12.5. The van der Waals surface area contributed by atoms with Gasteiger partial charge in [-0.1, -0.05) is 91.9 Å². The smallest absolute Gasteiger partial charge is 0.0490 e. The van der Waals surface area contributed by atoms with E-state index in [0.717, 1.165) is 0 Å². The molecule has 6 aromatic heterocycles. The largest absolute Gasteiger partial charge is 0.144 e. The normalized spacial score (nSPS) is 12.3. The number of aryl methyl sites for hydroxylation is 4. The van der Waals surface area contributed by atoms with Gasteiger partial charge in [-0.25, -0.2) is 0 Å². The Bertz CT molecular complexity index is 2800. The van der Waals surface area contributed by atoms with Gasteiger partial charge in [-0.3, -0.25) is 0 Å². The van der Waals surface area contributed by atoms with Gasteiger partial charge >= 0.3 is 0 Å². The van der Waals surface area contributed by atoms with Crippen molar-refractivity contribution in [1.82, 2.24) is 0 Å². The maximum Gasteiger partial charge on any atom is 0.0490 e. The summed E-state index contributed by atoms with van der Waals surface area (Å²) in [5, 5.41) is 13.4. The fourth-order valence-corrected chi connectivity index (χ4v) is 16.4. The topological polar surface area (TPSA) is 0 Å². The molecule has 0 saturated heterocycles. The van der Waals surface area contributed by atoms with Gasteiger partial charge in [0.1, 0.15) is 0 Å². The first kappa shape index (κ1) is 40.8. The third-order valence-corrected chi connectivity index (χ3v) is 19.3. The fourth-order valence-electron chi connectivity index (χ4n) is 9.28. The second-order valence-corrected chi connectivity index (χ2v) is 22.7. The molecular formula is C52H58S6. The molecule has 0 aliphatic carbocycles. The molecule has 0 fully saturated rings. The number of thiophene rings is 6. The zero-order valence-electron chi connectivity index (χ0n) is 35.0. The first-order valence-corrected chi connectivity index (χ1v) is 27.5. The summed E-state index contributed by atoms with van der Waals surface area (Å²) in [6.45, 7) is 9.37. The Labute approximate surface area is 370 Å². The standard InChI is InChI=1S/C52H58S6/c1-5-9-13-17-21-37-40-30-44-34(24-26-54-44)28-46(40)56-50(37)51-36(20-16-12-8-4)41-31-48-42(32-47(41)57-51)38(22-18-14-10-6-2)52(58-48)49-35(19-15-11-7-3)39-29-43-33(23-25-53-43)27-45(39)55-49/h23-32H,5-22H2,1-4H3. The van der Waals surface area contributed by atoms with Crippen LogP contribution in [0.15, 0.2) is 59.3 Å². The molecule has 58 heavy (non-hydrogen) atoms. The predicted octanol–water partition coefficient (Wildman–Crippen LogP) is 20.0. The van der Waals surface area contributed by atoms with Crippen LogP contribution in [-0.4, -0.2) is 0 Å². The maximum absolute atomic E-state index is 2.67. The number of hydrogen-bond donors (Lipinski definition) is 0. The average Bonchev–Trinajstić information content (AvgIpc) is 4.09. The molecule has 302 valence electrons. The fraction of sp³-hybridized carbons (Fsp3) is 0.423. The van der Waals surface area contributed by atoms with Crippen LogP contribution in [0.2, 0.25) is 0 Å². The molecular weight excluding hydrogens is 817 g/mol. The number of rotatable bonds is 20. The Morgan fingerprint density at radius 2 is 0.621 bits per heavy atom. The molecule has 0 saturated carbocycles. The van der Waals surface area contributed by atoms with E-state index in [4.69, 9.17) is 0 Å². The van der Waals surface area contributed by atoms with Crippen LogP contribution in [0.4, 0.5) is 0 Å². The lowest BCUT2D eigenvalue weighted by Gasteiger charge is -2.08. The molecule has 0 unspecified atom stereocenters. The van der Waals surface area contributed by atoms with E-state index in [9.17, 15) is 0 Å². The van der Waals surface area contributed by atoms with Crippen molar-refractivity contribution >= 4 is 129 Å². The zero-order valence-corrected chi connectivity index (χ0v) is 39.8. The van der Waals surface area contributed by atoms with Crippen LogP contribution < -0.4 is 0 Å². The molecule has 9 rings (SSSR count). The molecule has 9 aromatic rings. The zero-order chi connectivity index (χ0) is 39.6. The maximum atomic E-state index is 2.67. The summed E-state index contributed by atoms with van der Waals surface area (Å²) in [5.74, 6) is 0. The van der Waals surface area contributed by atoms with E-state index in [2.05, 4.69) is 132 Å². The van der Waals surface area contributed by atoms with Crippen molar-refractivity contribution in [2.75, 3.05) is 0 Å². The van der Waals surface area contributed by atoms with Gasteiger partial charge in [0.15, 0.2) is 0 Å². The summed E-state index contributed by atoms with van der Waals surface area (Å²) in [7, 11) is 0. The van der Waals surface area contributed by atoms with Crippen molar-refractivity contribution in [3.05, 3.63) is 81.5 Å². The van der Waals surface area contributed by atoms with Crippen molar-refractivity contribution in [2.24, 2.45) is 0 Å². The minimum Gasteiger partial charge on any atom is -0.144 e. The van der Waals surface area contributed by atoms with E-state index in [0.29, 0.717) is 0 Å². The van der Waals surface area contributed by atoms with Crippen LogP contribution in [0.3, 0.4) is 0 Å². The summed E-state index contributed by atoms with van der Waals surface area (Å²) >= 11 is 12.2. The van der Waals surface area contributed by atoms with E-state index in [-0.39, 0.29) is 0 Å². The Morgan fingerprint density at radius 1 is 0.328 bits per heavy atom. The van der Waals surface area contributed by atoms with Crippen molar-refractivity contribution in [3.8, 4) is 19.5 Å². The van der Waals surface area contributed by atoms with Gasteiger partial charge in [-0.05, 0) is 165 Å². The van der Waals surface area contributed by atoms with E-state index in [1.54, 1.807) is 41.8 Å². The Hall–Kier alpha value is -2.58. The van der Waals surface area contributed by atoms with E-state index in [1.165, 1.54) is 176 Å². The molecule has 0 aliphatic heterocycles. The number of benzene rings is 3. The first-order valence-electron chi connectivity index (χ1n) is 22.5.